The Morgan fingerprint density at radius 3 is 2.00 bits per heavy atom. The second-order valence-corrected chi connectivity index (χ2v) is 10.8. The van der Waals surface area contributed by atoms with Gasteiger partial charge in [-0.25, -0.2) is 0 Å². The molecule has 3 amide bonds. The fraction of sp³-hybridized carbons (Fsp3) is 0.400. The summed E-state index contributed by atoms with van der Waals surface area (Å²) < 4.78 is 71.1. The molecule has 0 saturated heterocycles. The maximum absolute atomic E-state index is 13.3. The predicted octanol–water partition coefficient (Wildman–Crippen LogP) is 2.99. The van der Waals surface area contributed by atoms with E-state index in [-0.39, 0.29) is 24.1 Å². The van der Waals surface area contributed by atoms with Crippen molar-refractivity contribution in [1.82, 2.24) is 5.32 Å². The molecule has 0 aliphatic carbocycles. The van der Waals surface area contributed by atoms with E-state index in [0.29, 0.717) is 3.57 Å². The van der Waals surface area contributed by atoms with Gasteiger partial charge in [-0.05, 0) is 67.8 Å². The van der Waals surface area contributed by atoms with E-state index in [0.717, 1.165) is 4.90 Å². The molecular formula is C15H15F3I3N3O6S. The van der Waals surface area contributed by atoms with Crippen LogP contribution < -0.4 is 15.5 Å². The Balaban J connectivity index is 3.72. The van der Waals surface area contributed by atoms with Crippen molar-refractivity contribution in [1.29, 1.82) is 0 Å². The molecule has 1 rings (SSSR count). The minimum absolute atomic E-state index is 0.0765. The Kier molecular flexibility index (Phi) is 9.79. The van der Waals surface area contributed by atoms with Crippen LogP contribution in [0.2, 0.25) is 0 Å². The zero-order valence-electron chi connectivity index (χ0n) is 15.9. The molecular weight excluding hydrogens is 788 g/mol. The van der Waals surface area contributed by atoms with Crippen LogP contribution in [0.3, 0.4) is 0 Å². The van der Waals surface area contributed by atoms with Crippen LogP contribution in [-0.2, 0) is 19.7 Å². The van der Waals surface area contributed by atoms with Crippen molar-refractivity contribution >= 4 is 107 Å². The molecule has 1 atom stereocenters. The molecule has 0 radical (unpaired) electrons. The Hall–Kier alpha value is -0.480. The molecule has 31 heavy (non-hydrogen) atoms. The number of carbonyl (C=O) groups excluding carboxylic acids is 3. The van der Waals surface area contributed by atoms with Crippen LogP contribution in [0.4, 0.5) is 24.5 Å². The summed E-state index contributed by atoms with van der Waals surface area (Å²) in [5, 5.41) is 4.06. The molecule has 16 heteroatoms. The first-order valence-electron chi connectivity index (χ1n) is 7.93. The summed E-state index contributed by atoms with van der Waals surface area (Å²) in [7, 11) is -3.69. The van der Waals surface area contributed by atoms with Gasteiger partial charge >= 0.3 is 6.18 Å². The Morgan fingerprint density at radius 1 is 1.10 bits per heavy atom. The van der Waals surface area contributed by atoms with Crippen LogP contribution in [0.1, 0.15) is 24.2 Å². The van der Waals surface area contributed by atoms with Gasteiger partial charge in [0.15, 0.2) is 0 Å². The maximum atomic E-state index is 13.3. The maximum Gasteiger partial charge on any atom is 0.409 e. The number of hydrogen-bond donors (Lipinski definition) is 3. The number of anilines is 2. The van der Waals surface area contributed by atoms with Gasteiger partial charge < -0.3 is 15.5 Å². The van der Waals surface area contributed by atoms with E-state index in [1.54, 1.807) is 50.5 Å². The monoisotopic (exact) mass is 803 g/mol. The van der Waals surface area contributed by atoms with E-state index >= 15 is 0 Å². The Bertz CT molecular complexity index is 1030. The largest absolute Gasteiger partial charge is 0.409 e. The molecule has 0 aromatic heterocycles. The lowest BCUT2D eigenvalue weighted by Gasteiger charge is -2.26. The van der Waals surface area contributed by atoms with Crippen LogP contribution in [-0.4, -0.2) is 55.7 Å². The molecule has 0 aliphatic heterocycles. The van der Waals surface area contributed by atoms with Gasteiger partial charge in [0, 0.05) is 20.9 Å². The van der Waals surface area contributed by atoms with Gasteiger partial charge in [0.1, 0.15) is 11.8 Å². The van der Waals surface area contributed by atoms with Crippen molar-refractivity contribution in [2.45, 2.75) is 26.1 Å². The standard InChI is InChI=1S/C15H15F3I3N3O6S/c1-5(25)22-12-9(19)8(10(20)13(11(12)21)24(3)6(2)26)14(27)23-7(15(16,17)18)4-31(28,29)30/h7H,4H2,1-3H3,(H,22,25)(H,23,27)(H,28,29,30). The highest BCUT2D eigenvalue weighted by Crippen LogP contribution is 2.40. The summed E-state index contributed by atoms with van der Waals surface area (Å²) in [5.74, 6) is -4.06. The lowest BCUT2D eigenvalue weighted by Crippen LogP contribution is -2.49. The molecule has 0 spiro atoms. The molecule has 3 N–H and O–H groups in total. The third-order valence-corrected chi connectivity index (χ3v) is 7.64. The minimum atomic E-state index is -5.18. The molecule has 9 nitrogen and oxygen atoms in total. The number of nitrogens with zero attached hydrogens (tertiary/aromatic N) is 1. The molecule has 1 aromatic rings. The van der Waals surface area contributed by atoms with Gasteiger partial charge in [-0.15, -0.1) is 0 Å². The summed E-state index contributed by atoms with van der Waals surface area (Å²) in [4.78, 5) is 37.5. The van der Waals surface area contributed by atoms with Gasteiger partial charge in [-0.3, -0.25) is 18.9 Å². The topological polar surface area (TPSA) is 133 Å². The number of hydrogen-bond acceptors (Lipinski definition) is 5. The van der Waals surface area contributed by atoms with Crippen molar-refractivity contribution < 1.29 is 40.5 Å². The Morgan fingerprint density at radius 2 is 1.61 bits per heavy atom. The summed E-state index contributed by atoms with van der Waals surface area (Å²) >= 11 is 5.16. The zero-order valence-corrected chi connectivity index (χ0v) is 23.2. The van der Waals surface area contributed by atoms with Crippen LogP contribution in [0.5, 0.6) is 0 Å². The first-order valence-corrected chi connectivity index (χ1v) is 12.8. The SMILES string of the molecule is CC(=O)Nc1c(I)c(C(=O)NC(CS(=O)(=O)O)C(F)(F)F)c(I)c(N(C)C(C)=O)c1I. The molecule has 174 valence electrons. The highest BCUT2D eigenvalue weighted by molar-refractivity contribution is 14.1. The number of halogens is 6. The van der Waals surface area contributed by atoms with E-state index in [9.17, 15) is 36.0 Å². The summed E-state index contributed by atoms with van der Waals surface area (Å²) in [6.45, 7) is 2.41. The van der Waals surface area contributed by atoms with Crippen molar-refractivity contribution in [2.24, 2.45) is 0 Å². The van der Waals surface area contributed by atoms with Crippen LogP contribution in [0.25, 0.3) is 0 Å². The quantitative estimate of drug-likeness (QED) is 0.300. The Labute approximate surface area is 216 Å². The third-order valence-electron chi connectivity index (χ3n) is 3.71. The number of amides is 3. The van der Waals surface area contributed by atoms with Gasteiger partial charge in [-0.1, -0.05) is 0 Å². The lowest BCUT2D eigenvalue weighted by molar-refractivity contribution is -0.148. The molecule has 0 saturated carbocycles. The number of rotatable bonds is 6. The first kappa shape index (κ1) is 28.6. The van der Waals surface area contributed by atoms with Crippen molar-refractivity contribution in [2.75, 3.05) is 23.0 Å². The zero-order chi connectivity index (χ0) is 24.5. The second-order valence-electron chi connectivity index (χ2n) is 6.12. The second kappa shape index (κ2) is 10.6. The van der Waals surface area contributed by atoms with Crippen molar-refractivity contribution in [3.8, 4) is 0 Å². The van der Waals surface area contributed by atoms with Crippen LogP contribution in [0, 0.1) is 10.7 Å². The van der Waals surface area contributed by atoms with Gasteiger partial charge in [0.2, 0.25) is 11.8 Å². The highest BCUT2D eigenvalue weighted by atomic mass is 127. The first-order chi connectivity index (χ1) is 13.9. The van der Waals surface area contributed by atoms with E-state index in [1.165, 1.54) is 20.9 Å². The molecule has 1 unspecified atom stereocenters. The van der Waals surface area contributed by atoms with E-state index < -0.39 is 45.8 Å². The lowest BCUT2D eigenvalue weighted by atomic mass is 10.1. The molecule has 0 heterocycles. The van der Waals surface area contributed by atoms with Crippen molar-refractivity contribution in [3.63, 3.8) is 0 Å². The third kappa shape index (κ3) is 7.52. The summed E-state index contributed by atoms with van der Waals surface area (Å²) in [6.07, 6.45) is -5.18. The van der Waals surface area contributed by atoms with Gasteiger partial charge in [0.05, 0.1) is 27.6 Å². The fourth-order valence-electron chi connectivity index (χ4n) is 2.25. The molecule has 0 fully saturated rings. The molecule has 1 aromatic carbocycles. The number of carbonyl (C=O) groups is 3. The van der Waals surface area contributed by atoms with Crippen LogP contribution >= 0.6 is 67.8 Å². The van der Waals surface area contributed by atoms with Gasteiger partial charge in [-0.2, -0.15) is 21.6 Å². The average molecular weight is 803 g/mol. The average Bonchev–Trinajstić information content (AvgIpc) is 2.55. The fourth-order valence-corrected chi connectivity index (χ4v) is 7.59. The van der Waals surface area contributed by atoms with Crippen LogP contribution in [0.15, 0.2) is 0 Å². The normalized spacial score (nSPS) is 12.8. The molecule has 0 bridgehead atoms. The van der Waals surface area contributed by atoms with Gasteiger partial charge in [0.25, 0.3) is 16.0 Å². The van der Waals surface area contributed by atoms with Crippen molar-refractivity contribution in [3.05, 3.63) is 16.3 Å². The van der Waals surface area contributed by atoms with E-state index in [2.05, 4.69) is 5.32 Å². The van der Waals surface area contributed by atoms with E-state index in [4.69, 9.17) is 4.55 Å². The number of alkyl halides is 3. The minimum Gasteiger partial charge on any atom is -0.339 e. The summed E-state index contributed by atoms with van der Waals surface area (Å²) in [5.41, 5.74) is -0.0416. The predicted molar refractivity (Wildman–Crippen MR) is 132 cm³/mol. The number of benzene rings is 1. The molecule has 0 aliphatic rings. The highest BCUT2D eigenvalue weighted by Gasteiger charge is 2.44. The smallest absolute Gasteiger partial charge is 0.339 e. The van der Waals surface area contributed by atoms with E-state index in [1.807, 2.05) is 22.6 Å². The summed E-state index contributed by atoms with van der Waals surface area (Å²) in [6, 6.07) is -2.89. The number of nitrogens with one attached hydrogen (secondary N) is 2.